The number of aromatic nitrogens is 1. The maximum Gasteiger partial charge on any atom is 0.340 e. The summed E-state index contributed by atoms with van der Waals surface area (Å²) in [6, 6.07) is 8.61. The minimum atomic E-state index is -0.573. The molecule has 0 radical (unpaired) electrons. The zero-order chi connectivity index (χ0) is 20.1. The summed E-state index contributed by atoms with van der Waals surface area (Å²) in [4.78, 5) is 28.6. The molecule has 146 valence electrons. The lowest BCUT2D eigenvalue weighted by molar-refractivity contribution is -0.115. The van der Waals surface area contributed by atoms with E-state index in [9.17, 15) is 9.59 Å². The Balaban J connectivity index is 1.54. The molecule has 1 amide bonds. The van der Waals surface area contributed by atoms with Crippen molar-refractivity contribution in [2.24, 2.45) is 0 Å². The Labute approximate surface area is 179 Å². The third-order valence-corrected chi connectivity index (χ3v) is 5.91. The number of benzene rings is 1. The van der Waals surface area contributed by atoms with E-state index in [0.717, 1.165) is 11.3 Å². The molecular weight excluding hydrogens is 443 g/mol. The van der Waals surface area contributed by atoms with Gasteiger partial charge in [0, 0.05) is 5.38 Å². The maximum absolute atomic E-state index is 12.2. The third-order valence-electron chi connectivity index (χ3n) is 3.52. The van der Waals surface area contributed by atoms with Gasteiger partial charge in [-0.2, -0.15) is 0 Å². The van der Waals surface area contributed by atoms with Gasteiger partial charge in [-0.15, -0.1) is 22.7 Å². The number of amides is 1. The number of carbonyl (C=O) groups excluding carboxylic acids is 2. The first-order valence-electron chi connectivity index (χ1n) is 7.94. The number of esters is 1. The summed E-state index contributed by atoms with van der Waals surface area (Å²) in [6.45, 7) is -0.0206. The Bertz CT molecular complexity index is 1000. The molecule has 0 saturated carbocycles. The average Bonchev–Trinajstić information content (AvgIpc) is 3.25. The molecule has 3 rings (SSSR count). The molecule has 0 unspecified atom stereocenters. The van der Waals surface area contributed by atoms with Crippen LogP contribution in [0.2, 0.25) is 8.67 Å². The smallest absolute Gasteiger partial charge is 0.340 e. The molecule has 0 fully saturated rings. The van der Waals surface area contributed by atoms with Gasteiger partial charge in [0.05, 0.1) is 34.8 Å². The second-order valence-corrected chi connectivity index (χ2v) is 8.70. The van der Waals surface area contributed by atoms with Crippen molar-refractivity contribution in [3.63, 3.8) is 0 Å². The summed E-state index contributed by atoms with van der Waals surface area (Å²) < 4.78 is 11.1. The largest absolute Gasteiger partial charge is 0.495 e. The van der Waals surface area contributed by atoms with E-state index in [-0.39, 0.29) is 28.8 Å². The topological polar surface area (TPSA) is 77.5 Å². The lowest BCUT2D eigenvalue weighted by atomic mass is 10.3. The average molecular weight is 457 g/mol. The molecule has 6 nitrogen and oxygen atoms in total. The summed E-state index contributed by atoms with van der Waals surface area (Å²) >= 11 is 14.2. The minimum Gasteiger partial charge on any atom is -0.495 e. The van der Waals surface area contributed by atoms with E-state index >= 15 is 0 Å². The van der Waals surface area contributed by atoms with Crippen molar-refractivity contribution in [3.05, 3.63) is 60.6 Å². The molecule has 10 heteroatoms. The van der Waals surface area contributed by atoms with E-state index in [2.05, 4.69) is 10.3 Å². The van der Waals surface area contributed by atoms with Gasteiger partial charge in [0.2, 0.25) is 5.91 Å². The van der Waals surface area contributed by atoms with Crippen molar-refractivity contribution in [1.29, 1.82) is 0 Å². The van der Waals surface area contributed by atoms with Crippen molar-refractivity contribution in [3.8, 4) is 5.75 Å². The molecule has 0 aliphatic carbocycles. The number of halogens is 2. The highest BCUT2D eigenvalue weighted by Gasteiger charge is 2.17. The van der Waals surface area contributed by atoms with Crippen molar-refractivity contribution in [2.75, 3.05) is 12.4 Å². The number of hydrogen-bond donors (Lipinski definition) is 1. The molecule has 2 aromatic heterocycles. The number of para-hydroxylation sites is 2. The number of nitrogens with zero attached hydrogens (tertiary/aromatic N) is 1. The van der Waals surface area contributed by atoms with Crippen LogP contribution in [0.5, 0.6) is 5.75 Å². The van der Waals surface area contributed by atoms with Crippen LogP contribution >= 0.6 is 45.9 Å². The van der Waals surface area contributed by atoms with Crippen LogP contribution in [0.4, 0.5) is 5.69 Å². The van der Waals surface area contributed by atoms with Crippen LogP contribution in [0, 0.1) is 0 Å². The van der Waals surface area contributed by atoms with E-state index in [0.29, 0.717) is 26.5 Å². The Kier molecular flexibility index (Phi) is 6.90. The molecule has 2 heterocycles. The first-order valence-corrected chi connectivity index (χ1v) is 10.4. The molecule has 1 N–H and O–H groups in total. The summed E-state index contributed by atoms with van der Waals surface area (Å²) in [5.74, 6) is -0.214. The second kappa shape index (κ2) is 9.38. The number of ether oxygens (including phenoxy) is 2. The highest BCUT2D eigenvalue weighted by Crippen LogP contribution is 2.31. The van der Waals surface area contributed by atoms with E-state index in [1.165, 1.54) is 24.5 Å². The molecule has 0 bridgehead atoms. The highest BCUT2D eigenvalue weighted by atomic mass is 35.5. The zero-order valence-corrected chi connectivity index (χ0v) is 17.7. The maximum atomic E-state index is 12.2. The predicted octanol–water partition coefficient (Wildman–Crippen LogP) is 5.06. The normalized spacial score (nSPS) is 10.5. The fourth-order valence-corrected chi connectivity index (χ4v) is 4.49. The number of thiophene rings is 1. The predicted molar refractivity (Wildman–Crippen MR) is 111 cm³/mol. The first kappa shape index (κ1) is 20.6. The molecule has 1 aromatic carbocycles. The fourth-order valence-electron chi connectivity index (χ4n) is 2.27. The van der Waals surface area contributed by atoms with E-state index in [1.807, 2.05) is 6.07 Å². The third kappa shape index (κ3) is 5.23. The second-order valence-electron chi connectivity index (χ2n) is 5.47. The van der Waals surface area contributed by atoms with Gasteiger partial charge in [-0.1, -0.05) is 35.3 Å². The number of methoxy groups -OCH3 is 1. The Hall–Kier alpha value is -2.13. The monoisotopic (exact) mass is 456 g/mol. The van der Waals surface area contributed by atoms with Crippen molar-refractivity contribution in [2.45, 2.75) is 13.0 Å². The van der Waals surface area contributed by atoms with Crippen LogP contribution in [0.25, 0.3) is 0 Å². The van der Waals surface area contributed by atoms with Gasteiger partial charge in [-0.05, 0) is 18.2 Å². The number of hydrogen-bond acceptors (Lipinski definition) is 7. The quantitative estimate of drug-likeness (QED) is 0.502. The van der Waals surface area contributed by atoms with Gasteiger partial charge in [0.15, 0.2) is 0 Å². The van der Waals surface area contributed by atoms with E-state index in [1.54, 1.807) is 23.6 Å². The van der Waals surface area contributed by atoms with E-state index < -0.39 is 5.97 Å². The summed E-state index contributed by atoms with van der Waals surface area (Å²) in [7, 11) is 1.54. The van der Waals surface area contributed by atoms with Gasteiger partial charge in [-0.25, -0.2) is 9.78 Å². The van der Waals surface area contributed by atoms with Crippen LogP contribution in [0.15, 0.2) is 35.7 Å². The number of rotatable bonds is 7. The van der Waals surface area contributed by atoms with Crippen molar-refractivity contribution >= 4 is 63.4 Å². The van der Waals surface area contributed by atoms with Crippen LogP contribution in [0.1, 0.15) is 21.1 Å². The van der Waals surface area contributed by atoms with Gasteiger partial charge in [0.1, 0.15) is 21.7 Å². The lowest BCUT2D eigenvalue weighted by Gasteiger charge is -2.08. The standard InChI is InChI=1S/C18H14Cl2N2O4S2/c1-25-13-5-3-2-4-12(13)22-15(23)7-16-21-10(9-27-16)8-26-18(24)11-6-14(19)28-17(11)20/h2-6,9H,7-8H2,1H3,(H,22,23). The van der Waals surface area contributed by atoms with Crippen molar-refractivity contribution < 1.29 is 19.1 Å². The number of thiazole rings is 1. The molecule has 0 atom stereocenters. The SMILES string of the molecule is COc1ccccc1NC(=O)Cc1nc(COC(=O)c2cc(Cl)sc2Cl)cs1. The number of anilines is 1. The Morgan fingerprint density at radius 2 is 2.04 bits per heavy atom. The van der Waals surface area contributed by atoms with Crippen LogP contribution in [0.3, 0.4) is 0 Å². The lowest BCUT2D eigenvalue weighted by Crippen LogP contribution is -2.15. The highest BCUT2D eigenvalue weighted by molar-refractivity contribution is 7.20. The molecule has 3 aromatic rings. The first-order chi connectivity index (χ1) is 13.5. The fraction of sp³-hybridized carbons (Fsp3) is 0.167. The molecule has 0 aliphatic heterocycles. The van der Waals surface area contributed by atoms with Crippen LogP contribution in [-0.4, -0.2) is 24.0 Å². The summed E-state index contributed by atoms with van der Waals surface area (Å²) in [6.07, 6.45) is 0.0998. The molecule has 0 saturated heterocycles. The number of carbonyl (C=O) groups is 2. The minimum absolute atomic E-state index is 0.0206. The van der Waals surface area contributed by atoms with Gasteiger partial charge < -0.3 is 14.8 Å². The van der Waals surface area contributed by atoms with Crippen LogP contribution in [-0.2, 0) is 22.6 Å². The molecule has 0 spiro atoms. The number of nitrogens with one attached hydrogen (secondary N) is 1. The molecule has 0 aliphatic rings. The molecule has 28 heavy (non-hydrogen) atoms. The Morgan fingerprint density at radius 3 is 2.75 bits per heavy atom. The summed E-state index contributed by atoms with van der Waals surface area (Å²) in [5, 5.41) is 5.13. The van der Waals surface area contributed by atoms with Crippen LogP contribution < -0.4 is 10.1 Å². The molecular formula is C18H14Cl2N2O4S2. The summed E-state index contributed by atoms with van der Waals surface area (Å²) in [5.41, 5.74) is 1.37. The van der Waals surface area contributed by atoms with Gasteiger partial charge in [0.25, 0.3) is 0 Å². The van der Waals surface area contributed by atoms with Crippen molar-refractivity contribution in [1.82, 2.24) is 4.98 Å². The van der Waals surface area contributed by atoms with E-state index in [4.69, 9.17) is 32.7 Å². The Morgan fingerprint density at radius 1 is 1.25 bits per heavy atom. The van der Waals surface area contributed by atoms with Gasteiger partial charge in [-0.3, -0.25) is 4.79 Å². The zero-order valence-electron chi connectivity index (χ0n) is 14.5. The van der Waals surface area contributed by atoms with Gasteiger partial charge >= 0.3 is 5.97 Å².